The van der Waals surface area contributed by atoms with E-state index in [4.69, 9.17) is 0 Å². The summed E-state index contributed by atoms with van der Waals surface area (Å²) in [5.74, 6) is -2.14. The molecule has 0 bridgehead atoms. The average molecular weight is 480 g/mol. The molecule has 9 heteroatoms. The standard InChI is InChI=1S/C26H27F2N5O2/c1-16(2)25(33-15-30-22-12-19(27)20(28)13-23(22)33)26(35)32-9-7-31(8-10-32)24(34)11-17-14-29-21-6-4-3-5-18(17)21/h3-6,12-16,25,29H,7-11H2,1-2H3. The Morgan fingerprint density at radius 1 is 1.03 bits per heavy atom. The number of benzene rings is 2. The summed E-state index contributed by atoms with van der Waals surface area (Å²) in [6, 6.07) is 9.39. The number of aromatic amines is 1. The van der Waals surface area contributed by atoms with Crippen LogP contribution in [-0.4, -0.2) is 62.3 Å². The van der Waals surface area contributed by atoms with Crippen LogP contribution in [0.5, 0.6) is 0 Å². The Kier molecular flexibility index (Phi) is 6.00. The van der Waals surface area contributed by atoms with Gasteiger partial charge >= 0.3 is 0 Å². The topological polar surface area (TPSA) is 74.2 Å². The molecule has 2 amide bonds. The molecule has 2 aromatic carbocycles. The van der Waals surface area contributed by atoms with Crippen molar-refractivity contribution in [2.24, 2.45) is 5.92 Å². The van der Waals surface area contributed by atoms with Gasteiger partial charge in [0.25, 0.3) is 0 Å². The van der Waals surface area contributed by atoms with E-state index < -0.39 is 17.7 Å². The molecule has 4 aromatic rings. The van der Waals surface area contributed by atoms with E-state index in [0.29, 0.717) is 43.6 Å². The molecule has 1 saturated heterocycles. The van der Waals surface area contributed by atoms with Crippen molar-refractivity contribution in [3.63, 3.8) is 0 Å². The fourth-order valence-corrected chi connectivity index (χ4v) is 4.89. The SMILES string of the molecule is CC(C)C(C(=O)N1CCN(C(=O)Cc2c[nH]c3ccccc23)CC1)n1cnc2cc(F)c(F)cc21. The van der Waals surface area contributed by atoms with Gasteiger partial charge in [-0.2, -0.15) is 0 Å². The van der Waals surface area contributed by atoms with Crippen molar-refractivity contribution < 1.29 is 18.4 Å². The molecule has 1 N–H and O–H groups in total. The molecule has 1 fully saturated rings. The van der Waals surface area contributed by atoms with Gasteiger partial charge in [0, 0.05) is 55.4 Å². The van der Waals surface area contributed by atoms with Crippen LogP contribution in [0.3, 0.4) is 0 Å². The number of fused-ring (bicyclic) bond motifs is 2. The molecular weight excluding hydrogens is 452 g/mol. The van der Waals surface area contributed by atoms with Crippen molar-refractivity contribution in [2.45, 2.75) is 26.3 Å². The number of carbonyl (C=O) groups excluding carboxylic acids is 2. The van der Waals surface area contributed by atoms with Crippen LogP contribution in [0.4, 0.5) is 8.78 Å². The summed E-state index contributed by atoms with van der Waals surface area (Å²) < 4.78 is 29.2. The quantitative estimate of drug-likeness (QED) is 0.472. The van der Waals surface area contributed by atoms with Crippen LogP contribution in [0.1, 0.15) is 25.5 Å². The van der Waals surface area contributed by atoms with E-state index in [1.165, 1.54) is 6.33 Å². The number of amides is 2. The fourth-order valence-electron chi connectivity index (χ4n) is 4.89. The summed E-state index contributed by atoms with van der Waals surface area (Å²) in [5.41, 5.74) is 2.64. The van der Waals surface area contributed by atoms with E-state index in [1.54, 1.807) is 14.4 Å². The molecule has 0 aliphatic carbocycles. The molecule has 7 nitrogen and oxygen atoms in total. The first-order valence-corrected chi connectivity index (χ1v) is 11.8. The van der Waals surface area contributed by atoms with E-state index in [2.05, 4.69) is 9.97 Å². The third-order valence-corrected chi connectivity index (χ3v) is 6.76. The number of hydrogen-bond donors (Lipinski definition) is 1. The fraction of sp³-hybridized carbons (Fsp3) is 0.346. The van der Waals surface area contributed by atoms with Crippen LogP contribution in [-0.2, 0) is 16.0 Å². The smallest absolute Gasteiger partial charge is 0.246 e. The van der Waals surface area contributed by atoms with E-state index >= 15 is 0 Å². The summed E-state index contributed by atoms with van der Waals surface area (Å²) >= 11 is 0. The first-order valence-electron chi connectivity index (χ1n) is 11.8. The zero-order chi connectivity index (χ0) is 24.7. The van der Waals surface area contributed by atoms with E-state index in [9.17, 15) is 18.4 Å². The Labute approximate surface area is 201 Å². The Morgan fingerprint density at radius 3 is 2.46 bits per heavy atom. The minimum absolute atomic E-state index is 0.0281. The van der Waals surface area contributed by atoms with Crippen molar-refractivity contribution in [3.8, 4) is 0 Å². The van der Waals surface area contributed by atoms with Gasteiger partial charge in [0.05, 0.1) is 23.8 Å². The molecular formula is C26H27F2N5O2. The number of aromatic nitrogens is 3. The molecule has 0 spiro atoms. The van der Waals surface area contributed by atoms with E-state index in [0.717, 1.165) is 28.6 Å². The summed E-state index contributed by atoms with van der Waals surface area (Å²) in [4.78, 5) is 37.4. The maximum Gasteiger partial charge on any atom is 0.246 e. The van der Waals surface area contributed by atoms with E-state index in [1.807, 2.05) is 44.3 Å². The van der Waals surface area contributed by atoms with Gasteiger partial charge in [-0.05, 0) is 17.5 Å². The largest absolute Gasteiger partial charge is 0.361 e. The first-order chi connectivity index (χ1) is 16.8. The van der Waals surface area contributed by atoms with E-state index in [-0.39, 0.29) is 17.7 Å². The number of rotatable bonds is 5. The van der Waals surface area contributed by atoms with Crippen LogP contribution >= 0.6 is 0 Å². The van der Waals surface area contributed by atoms with Gasteiger partial charge in [0.2, 0.25) is 11.8 Å². The summed E-state index contributed by atoms with van der Waals surface area (Å²) in [5, 5.41) is 1.04. The van der Waals surface area contributed by atoms with Crippen molar-refractivity contribution >= 4 is 33.8 Å². The average Bonchev–Trinajstić information content (AvgIpc) is 3.43. The zero-order valence-electron chi connectivity index (χ0n) is 19.7. The number of nitrogens with one attached hydrogen (secondary N) is 1. The summed E-state index contributed by atoms with van der Waals surface area (Å²) in [6.07, 6.45) is 3.64. The molecule has 0 radical (unpaired) electrons. The van der Waals surface area contributed by atoms with Gasteiger partial charge < -0.3 is 19.4 Å². The second-order valence-electron chi connectivity index (χ2n) is 9.34. The molecule has 5 rings (SSSR count). The molecule has 3 heterocycles. The van der Waals surface area contributed by atoms with Crippen molar-refractivity contribution in [3.05, 3.63) is 66.1 Å². The zero-order valence-corrected chi connectivity index (χ0v) is 19.7. The minimum atomic E-state index is -0.975. The van der Waals surface area contributed by atoms with Crippen molar-refractivity contribution in [1.82, 2.24) is 24.3 Å². The number of hydrogen-bond acceptors (Lipinski definition) is 3. The highest BCUT2D eigenvalue weighted by Gasteiger charge is 2.33. The number of nitrogens with zero attached hydrogens (tertiary/aromatic N) is 4. The monoisotopic (exact) mass is 479 g/mol. The predicted octanol–water partition coefficient (Wildman–Crippen LogP) is 3.91. The van der Waals surface area contributed by atoms with Gasteiger partial charge in [0.15, 0.2) is 11.6 Å². The van der Waals surface area contributed by atoms with Crippen LogP contribution in [0, 0.1) is 17.6 Å². The number of para-hydroxylation sites is 1. The van der Waals surface area contributed by atoms with Crippen LogP contribution < -0.4 is 0 Å². The molecule has 1 aliphatic heterocycles. The minimum Gasteiger partial charge on any atom is -0.361 e. The van der Waals surface area contributed by atoms with Crippen LogP contribution in [0.25, 0.3) is 21.9 Å². The van der Waals surface area contributed by atoms with Crippen LogP contribution in [0.15, 0.2) is 48.9 Å². The molecule has 182 valence electrons. The normalized spacial score (nSPS) is 15.3. The maximum atomic E-state index is 13.9. The van der Waals surface area contributed by atoms with Crippen LogP contribution in [0.2, 0.25) is 0 Å². The number of piperazine rings is 1. The third kappa shape index (κ3) is 4.26. The highest BCUT2D eigenvalue weighted by atomic mass is 19.2. The molecule has 1 unspecified atom stereocenters. The van der Waals surface area contributed by atoms with Crippen molar-refractivity contribution in [2.75, 3.05) is 26.2 Å². The highest BCUT2D eigenvalue weighted by Crippen LogP contribution is 2.28. The lowest BCUT2D eigenvalue weighted by atomic mass is 10.0. The second kappa shape index (κ2) is 9.13. The van der Waals surface area contributed by atoms with Gasteiger partial charge in [-0.25, -0.2) is 13.8 Å². The summed E-state index contributed by atoms with van der Waals surface area (Å²) in [7, 11) is 0. The molecule has 0 saturated carbocycles. The molecule has 1 aliphatic rings. The Bertz CT molecular complexity index is 1400. The molecule has 1 atom stereocenters. The Balaban J connectivity index is 1.28. The lowest BCUT2D eigenvalue weighted by Gasteiger charge is -2.37. The van der Waals surface area contributed by atoms with Gasteiger partial charge in [-0.1, -0.05) is 32.0 Å². The predicted molar refractivity (Wildman–Crippen MR) is 129 cm³/mol. The summed E-state index contributed by atoms with van der Waals surface area (Å²) in [6.45, 7) is 5.55. The second-order valence-corrected chi connectivity index (χ2v) is 9.34. The number of carbonyl (C=O) groups is 2. The Hall–Kier alpha value is -3.75. The third-order valence-electron chi connectivity index (χ3n) is 6.76. The molecule has 2 aromatic heterocycles. The lowest BCUT2D eigenvalue weighted by Crippen LogP contribution is -2.52. The van der Waals surface area contributed by atoms with Gasteiger partial charge in [-0.15, -0.1) is 0 Å². The Morgan fingerprint density at radius 2 is 1.71 bits per heavy atom. The van der Waals surface area contributed by atoms with Gasteiger partial charge in [0.1, 0.15) is 6.04 Å². The first kappa shape index (κ1) is 23.0. The number of H-pyrrole nitrogens is 1. The highest BCUT2D eigenvalue weighted by molar-refractivity contribution is 5.89. The maximum absolute atomic E-state index is 13.9. The molecule has 35 heavy (non-hydrogen) atoms. The number of halogens is 2. The van der Waals surface area contributed by atoms with Crippen molar-refractivity contribution in [1.29, 1.82) is 0 Å². The number of imidazole rings is 1. The van der Waals surface area contributed by atoms with Gasteiger partial charge in [-0.3, -0.25) is 9.59 Å². The lowest BCUT2D eigenvalue weighted by molar-refractivity contribution is -0.142.